The van der Waals surface area contributed by atoms with Gasteiger partial charge in [-0.05, 0) is 39.3 Å². The van der Waals surface area contributed by atoms with Gasteiger partial charge in [0.1, 0.15) is 5.49 Å². The van der Waals surface area contributed by atoms with Crippen LogP contribution in [0.2, 0.25) is 0 Å². The van der Waals surface area contributed by atoms with Gasteiger partial charge in [0.25, 0.3) is 0 Å². The normalized spacial score (nSPS) is 15.1. The largest absolute Gasteiger partial charge is 0.378 e. The number of rotatable bonds is 7. The van der Waals surface area contributed by atoms with Crippen LogP contribution in [0.1, 0.15) is 31.9 Å². The van der Waals surface area contributed by atoms with Crippen molar-refractivity contribution in [3.63, 3.8) is 0 Å². The van der Waals surface area contributed by atoms with Crippen LogP contribution in [0.4, 0.5) is 11.8 Å². The van der Waals surface area contributed by atoms with E-state index in [1.165, 1.54) is 5.56 Å². The molecule has 8 nitrogen and oxygen atoms in total. The third-order valence-corrected chi connectivity index (χ3v) is 4.80. The van der Waals surface area contributed by atoms with Gasteiger partial charge in [-0.2, -0.15) is 10.1 Å². The molecule has 0 unspecified atom stereocenters. The highest BCUT2D eigenvalue weighted by Gasteiger charge is 2.17. The van der Waals surface area contributed by atoms with Crippen LogP contribution in [0.3, 0.4) is 0 Å². The van der Waals surface area contributed by atoms with Crippen LogP contribution in [0.25, 0.3) is 6.20 Å². The van der Waals surface area contributed by atoms with Crippen LogP contribution < -0.4 is 15.8 Å². The molecule has 0 atom stereocenters. The second-order valence-corrected chi connectivity index (χ2v) is 7.75. The quantitative estimate of drug-likeness (QED) is 0.359. The Morgan fingerprint density at radius 3 is 2.60 bits per heavy atom. The fraction of sp³-hybridized carbons (Fsp3) is 0.333. The molecule has 1 aliphatic rings. The Balaban J connectivity index is 0.00000137. The number of hydrazone groups is 1. The number of morpholine rings is 1. The van der Waals surface area contributed by atoms with Gasteiger partial charge >= 0.3 is 0 Å². The molecule has 0 aliphatic carbocycles. The minimum Gasteiger partial charge on any atom is -0.378 e. The molecule has 1 aromatic carbocycles. The lowest BCUT2D eigenvalue weighted by Crippen LogP contribution is -2.40. The maximum Gasteiger partial charge on any atom is 0.213 e. The molecule has 0 amide bonds. The summed E-state index contributed by atoms with van der Waals surface area (Å²) in [6.07, 6.45) is 11.1. The number of aryl methyl sites for hydroxylation is 1. The Hall–Kier alpha value is -3.78. The summed E-state index contributed by atoms with van der Waals surface area (Å²) in [5, 5.41) is 4.38. The number of nitrogens with one attached hydrogen (secondary N) is 1. The zero-order valence-electron chi connectivity index (χ0n) is 21.5. The highest BCUT2D eigenvalue weighted by molar-refractivity contribution is 5.95. The first-order valence-corrected chi connectivity index (χ1v) is 11.7. The zero-order valence-corrected chi connectivity index (χ0v) is 21.5. The van der Waals surface area contributed by atoms with E-state index in [0.29, 0.717) is 19.0 Å². The van der Waals surface area contributed by atoms with Crippen molar-refractivity contribution in [1.29, 1.82) is 0 Å². The number of nitrogens with zero attached hydrogens (tertiary/aromatic N) is 6. The van der Waals surface area contributed by atoms with E-state index < -0.39 is 0 Å². The van der Waals surface area contributed by atoms with E-state index in [2.05, 4.69) is 51.0 Å². The molecule has 1 N–H and O–H groups in total. The Kier molecular flexibility index (Phi) is 11.9. The summed E-state index contributed by atoms with van der Waals surface area (Å²) in [6.45, 7) is 14.0. The van der Waals surface area contributed by atoms with Crippen molar-refractivity contribution in [1.82, 2.24) is 9.55 Å². The first-order valence-electron chi connectivity index (χ1n) is 11.7. The van der Waals surface area contributed by atoms with Crippen LogP contribution in [-0.2, 0) is 4.74 Å². The second kappa shape index (κ2) is 15.2. The van der Waals surface area contributed by atoms with E-state index in [-0.39, 0.29) is 0 Å². The Morgan fingerprint density at radius 2 is 1.94 bits per heavy atom. The molecule has 2 aromatic rings. The lowest BCUT2D eigenvalue weighted by Gasteiger charge is -2.29. The summed E-state index contributed by atoms with van der Waals surface area (Å²) in [5.41, 5.74) is 6.91. The Labute approximate surface area is 208 Å². The van der Waals surface area contributed by atoms with Gasteiger partial charge < -0.3 is 9.64 Å². The Bertz CT molecular complexity index is 1140. The third-order valence-electron chi connectivity index (χ3n) is 4.80. The van der Waals surface area contributed by atoms with Gasteiger partial charge in [-0.3, -0.25) is 20.0 Å². The highest BCUT2D eigenvalue weighted by Crippen LogP contribution is 2.15. The third kappa shape index (κ3) is 9.17. The second-order valence-electron chi connectivity index (χ2n) is 7.75. The minimum atomic E-state index is 0.625. The number of allylic oxidation sites excluding steroid dienone is 3. The van der Waals surface area contributed by atoms with Gasteiger partial charge in [-0.25, -0.2) is 0 Å². The molecule has 186 valence electrons. The molecule has 35 heavy (non-hydrogen) atoms. The van der Waals surface area contributed by atoms with Gasteiger partial charge in [0.05, 0.1) is 19.4 Å². The van der Waals surface area contributed by atoms with Crippen LogP contribution in [-0.4, -0.2) is 54.8 Å². The lowest BCUT2D eigenvalue weighted by atomic mass is 10.2. The van der Waals surface area contributed by atoms with Gasteiger partial charge in [-0.15, -0.1) is 6.58 Å². The van der Waals surface area contributed by atoms with E-state index in [9.17, 15) is 0 Å². The topological polar surface area (TPSA) is 79.4 Å². The average Bonchev–Trinajstić information content (AvgIpc) is 2.87. The number of ether oxygens (including phenoxy) is 1. The van der Waals surface area contributed by atoms with Crippen molar-refractivity contribution >= 4 is 29.9 Å². The van der Waals surface area contributed by atoms with Crippen molar-refractivity contribution < 1.29 is 4.74 Å². The van der Waals surface area contributed by atoms with Gasteiger partial charge in [-0.1, -0.05) is 42.0 Å². The monoisotopic (exact) mass is 475 g/mol. The van der Waals surface area contributed by atoms with E-state index in [1.54, 1.807) is 25.5 Å². The fourth-order valence-electron chi connectivity index (χ4n) is 3.19. The van der Waals surface area contributed by atoms with Gasteiger partial charge in [0, 0.05) is 44.3 Å². The lowest BCUT2D eigenvalue weighted by molar-refractivity contribution is 0.122. The molecule has 1 fully saturated rings. The van der Waals surface area contributed by atoms with Crippen molar-refractivity contribution in [2.45, 2.75) is 27.7 Å². The maximum absolute atomic E-state index is 5.53. The number of hydrogen-bond acceptors (Lipinski definition) is 7. The number of aliphatic imine (C=N–C) groups is 1. The summed E-state index contributed by atoms with van der Waals surface area (Å²) >= 11 is 0. The molecule has 0 radical (unpaired) electrons. The predicted octanol–water partition coefficient (Wildman–Crippen LogP) is 4.66. The highest BCUT2D eigenvalue weighted by atomic mass is 16.5. The van der Waals surface area contributed by atoms with E-state index in [0.717, 1.165) is 35.8 Å². The number of benzene rings is 1. The smallest absolute Gasteiger partial charge is 0.213 e. The summed E-state index contributed by atoms with van der Waals surface area (Å²) in [4.78, 5) is 15.9. The number of hydrogen-bond donors (Lipinski definition) is 1. The predicted molar refractivity (Wildman–Crippen MR) is 148 cm³/mol. The van der Waals surface area contributed by atoms with Crippen molar-refractivity contribution in [3.8, 4) is 0 Å². The molecule has 2 heterocycles. The molecule has 1 saturated heterocycles. The first kappa shape index (κ1) is 27.5. The molecule has 0 saturated carbocycles. The van der Waals surface area contributed by atoms with Gasteiger partial charge in [0.2, 0.25) is 5.95 Å². The summed E-state index contributed by atoms with van der Waals surface area (Å²) in [6, 6.07) is 10.0. The van der Waals surface area contributed by atoms with E-state index in [1.807, 2.05) is 61.9 Å². The summed E-state index contributed by atoms with van der Waals surface area (Å²) in [5.74, 6) is 1.40. The standard InChI is InChI=1S/C24H31N7O.C3H6/c1-5-10-26-20(3)9-11-31-23(25-4)17-22(28-24(31)30-12-14-32-15-13-30)29-27-18-21-8-6-7-19(2)16-21;1-3-2/h5-11,16-18,29H,12-15H2,1-4H3;3H,1H2,2H3/b10-5-,11-9+,25-23?,26-20-,27-18+;. The SMILES string of the molecule is C=CC.C\C=C/N=C(C)\C=C\n1c(N2CCOCC2)nc(N/N=C/c2cccc(C)c2)cc1=NC. The fourth-order valence-corrected chi connectivity index (χ4v) is 3.19. The van der Waals surface area contributed by atoms with Gasteiger partial charge in [0.15, 0.2) is 5.82 Å². The molecular formula is C27H37N7O. The van der Waals surface area contributed by atoms with Crippen LogP contribution >= 0.6 is 0 Å². The summed E-state index contributed by atoms with van der Waals surface area (Å²) < 4.78 is 7.50. The zero-order chi connectivity index (χ0) is 25.5. The molecule has 1 aliphatic heterocycles. The van der Waals surface area contributed by atoms with Crippen LogP contribution in [0.5, 0.6) is 0 Å². The number of aromatic nitrogens is 2. The molecule has 1 aromatic heterocycles. The van der Waals surface area contributed by atoms with E-state index in [4.69, 9.17) is 9.72 Å². The molecule has 8 heteroatoms. The van der Waals surface area contributed by atoms with E-state index >= 15 is 0 Å². The van der Waals surface area contributed by atoms with Crippen LogP contribution in [0, 0.1) is 6.92 Å². The number of anilines is 2. The van der Waals surface area contributed by atoms with Crippen LogP contribution in [0.15, 0.2) is 76.4 Å². The minimum absolute atomic E-state index is 0.625. The van der Waals surface area contributed by atoms with Crippen molar-refractivity contribution in [2.75, 3.05) is 43.7 Å². The summed E-state index contributed by atoms with van der Waals surface area (Å²) in [7, 11) is 1.77. The Morgan fingerprint density at radius 1 is 1.20 bits per heavy atom. The molecular weight excluding hydrogens is 438 g/mol. The maximum atomic E-state index is 5.53. The molecule has 0 spiro atoms. The first-order chi connectivity index (χ1) is 17.0. The van der Waals surface area contributed by atoms with Crippen molar-refractivity contribution in [3.05, 3.63) is 78.0 Å². The molecule has 0 bridgehead atoms. The average molecular weight is 476 g/mol. The molecule has 3 rings (SSSR count). The van der Waals surface area contributed by atoms with Crippen molar-refractivity contribution in [2.24, 2.45) is 15.1 Å².